The molecule has 3 heterocycles. The van der Waals surface area contributed by atoms with Gasteiger partial charge in [0.25, 0.3) is 0 Å². The molecule has 1 amide bonds. The second kappa shape index (κ2) is 5.69. The lowest BCUT2D eigenvalue weighted by molar-refractivity contribution is -0.121. The lowest BCUT2D eigenvalue weighted by Gasteiger charge is -2.19. The maximum atomic E-state index is 13.1. The number of carbonyl (C=O) groups excluding carboxylic acids is 1. The Bertz CT molecular complexity index is 994. The van der Waals surface area contributed by atoms with E-state index in [9.17, 15) is 4.79 Å². The first kappa shape index (κ1) is 16.3. The topological polar surface area (TPSA) is 71.9 Å². The van der Waals surface area contributed by atoms with Crippen LogP contribution in [-0.4, -0.2) is 26.1 Å². The van der Waals surface area contributed by atoms with E-state index in [1.807, 2.05) is 58.0 Å². The van der Waals surface area contributed by atoms with Crippen molar-refractivity contribution < 1.29 is 4.79 Å². The molecule has 0 radical (unpaired) electrons. The Morgan fingerprint density at radius 1 is 0.923 bits per heavy atom. The SMILES string of the molecule is Cc1ccc(N2C(=O)C(C)(C)c3ccc(-c4cnc(C)nc4)cc32)nn1. The number of amides is 1. The van der Waals surface area contributed by atoms with Gasteiger partial charge in [0, 0.05) is 18.0 Å². The smallest absolute Gasteiger partial charge is 0.242 e. The van der Waals surface area contributed by atoms with E-state index < -0.39 is 5.41 Å². The highest BCUT2D eigenvalue weighted by atomic mass is 16.2. The van der Waals surface area contributed by atoms with Crippen molar-refractivity contribution in [1.29, 1.82) is 0 Å². The lowest BCUT2D eigenvalue weighted by atomic mass is 9.85. The molecule has 130 valence electrons. The summed E-state index contributed by atoms with van der Waals surface area (Å²) in [5, 5.41) is 8.32. The molecule has 0 N–H and O–H groups in total. The summed E-state index contributed by atoms with van der Waals surface area (Å²) in [5.74, 6) is 1.25. The van der Waals surface area contributed by atoms with Crippen LogP contribution >= 0.6 is 0 Å². The zero-order chi connectivity index (χ0) is 18.5. The largest absolute Gasteiger partial charge is 0.273 e. The third-order valence-electron chi connectivity index (χ3n) is 4.78. The maximum Gasteiger partial charge on any atom is 0.242 e. The van der Waals surface area contributed by atoms with Crippen LogP contribution in [0.4, 0.5) is 11.5 Å². The van der Waals surface area contributed by atoms with Gasteiger partial charge in [0.15, 0.2) is 5.82 Å². The van der Waals surface area contributed by atoms with Crippen molar-refractivity contribution in [3.8, 4) is 11.1 Å². The van der Waals surface area contributed by atoms with Crippen LogP contribution < -0.4 is 4.90 Å². The molecule has 4 rings (SSSR count). The molecule has 1 aliphatic rings. The number of carbonyl (C=O) groups is 1. The summed E-state index contributed by atoms with van der Waals surface area (Å²) in [6, 6.07) is 9.69. The van der Waals surface area contributed by atoms with Gasteiger partial charge in [-0.3, -0.25) is 9.69 Å². The molecule has 0 saturated heterocycles. The minimum atomic E-state index is -0.621. The van der Waals surface area contributed by atoms with E-state index in [0.717, 1.165) is 33.9 Å². The molecule has 1 aliphatic heterocycles. The second-order valence-corrected chi connectivity index (χ2v) is 7.05. The van der Waals surface area contributed by atoms with E-state index in [1.54, 1.807) is 17.3 Å². The molecule has 0 fully saturated rings. The highest BCUT2D eigenvalue weighted by Crippen LogP contribution is 2.46. The Hall–Kier alpha value is -3.15. The molecule has 0 atom stereocenters. The van der Waals surface area contributed by atoms with Gasteiger partial charge in [0.1, 0.15) is 5.82 Å². The van der Waals surface area contributed by atoms with Gasteiger partial charge in [-0.05, 0) is 57.0 Å². The fourth-order valence-electron chi connectivity index (χ4n) is 3.21. The predicted octanol–water partition coefficient (Wildman–Crippen LogP) is 3.51. The Labute approximate surface area is 151 Å². The van der Waals surface area contributed by atoms with Crippen LogP contribution in [0.25, 0.3) is 11.1 Å². The van der Waals surface area contributed by atoms with Crippen LogP contribution in [0.5, 0.6) is 0 Å². The zero-order valence-electron chi connectivity index (χ0n) is 15.2. The number of hydrogen-bond acceptors (Lipinski definition) is 5. The van der Waals surface area contributed by atoms with E-state index >= 15 is 0 Å². The van der Waals surface area contributed by atoms with Gasteiger partial charge in [-0.1, -0.05) is 12.1 Å². The normalized spacial score (nSPS) is 15.2. The number of nitrogens with zero attached hydrogens (tertiary/aromatic N) is 5. The van der Waals surface area contributed by atoms with Crippen molar-refractivity contribution in [1.82, 2.24) is 20.2 Å². The van der Waals surface area contributed by atoms with Crippen LogP contribution in [0.3, 0.4) is 0 Å². The molecule has 6 nitrogen and oxygen atoms in total. The summed E-state index contributed by atoms with van der Waals surface area (Å²) >= 11 is 0. The fraction of sp³-hybridized carbons (Fsp3) is 0.250. The summed E-state index contributed by atoms with van der Waals surface area (Å²) in [4.78, 5) is 23.3. The highest BCUT2D eigenvalue weighted by Gasteiger charge is 2.45. The summed E-state index contributed by atoms with van der Waals surface area (Å²) in [6.45, 7) is 7.59. The molecule has 1 aromatic carbocycles. The van der Waals surface area contributed by atoms with E-state index in [0.29, 0.717) is 5.82 Å². The zero-order valence-corrected chi connectivity index (χ0v) is 15.2. The first-order valence-electron chi connectivity index (χ1n) is 8.46. The van der Waals surface area contributed by atoms with E-state index in [1.165, 1.54) is 0 Å². The molecule has 0 aliphatic carbocycles. The molecule has 2 aromatic heterocycles. The first-order valence-corrected chi connectivity index (χ1v) is 8.46. The van der Waals surface area contributed by atoms with Gasteiger partial charge in [-0.25, -0.2) is 9.97 Å². The third-order valence-corrected chi connectivity index (χ3v) is 4.78. The van der Waals surface area contributed by atoms with Gasteiger partial charge < -0.3 is 0 Å². The standard InChI is InChI=1S/C20H19N5O/c1-12-5-8-18(24-23-12)25-17-9-14(15-10-21-13(2)22-11-15)6-7-16(17)20(3,4)19(25)26/h5-11H,1-4H3. The average molecular weight is 345 g/mol. The molecule has 0 saturated carbocycles. The second-order valence-electron chi connectivity index (χ2n) is 7.05. The maximum absolute atomic E-state index is 13.1. The van der Waals surface area contributed by atoms with Crippen molar-refractivity contribution in [2.45, 2.75) is 33.1 Å². The van der Waals surface area contributed by atoms with E-state index in [-0.39, 0.29) is 5.91 Å². The highest BCUT2D eigenvalue weighted by molar-refractivity contribution is 6.12. The molecule has 0 spiro atoms. The van der Waals surface area contributed by atoms with Gasteiger partial charge in [-0.15, -0.1) is 5.10 Å². The van der Waals surface area contributed by atoms with Crippen LogP contribution in [0.15, 0.2) is 42.7 Å². The van der Waals surface area contributed by atoms with Crippen LogP contribution in [0.2, 0.25) is 0 Å². The minimum absolute atomic E-state index is 0.0111. The number of aromatic nitrogens is 4. The lowest BCUT2D eigenvalue weighted by Crippen LogP contribution is -2.33. The fourth-order valence-corrected chi connectivity index (χ4v) is 3.21. The number of rotatable bonds is 2. The van der Waals surface area contributed by atoms with E-state index in [2.05, 4.69) is 20.2 Å². The summed E-state index contributed by atoms with van der Waals surface area (Å²) in [6.07, 6.45) is 3.59. The molecule has 26 heavy (non-hydrogen) atoms. The Morgan fingerprint density at radius 3 is 2.31 bits per heavy atom. The van der Waals surface area contributed by atoms with Crippen LogP contribution in [0, 0.1) is 13.8 Å². The number of benzene rings is 1. The molecule has 0 unspecified atom stereocenters. The van der Waals surface area contributed by atoms with Gasteiger partial charge in [-0.2, -0.15) is 5.10 Å². The molecule has 0 bridgehead atoms. The van der Waals surface area contributed by atoms with E-state index in [4.69, 9.17) is 0 Å². The van der Waals surface area contributed by atoms with Crippen molar-refractivity contribution in [3.63, 3.8) is 0 Å². The van der Waals surface area contributed by atoms with Crippen molar-refractivity contribution in [3.05, 3.63) is 59.8 Å². The van der Waals surface area contributed by atoms with Crippen molar-refractivity contribution >= 4 is 17.4 Å². The summed E-state index contributed by atoms with van der Waals surface area (Å²) < 4.78 is 0. The van der Waals surface area contributed by atoms with Gasteiger partial charge in [0.2, 0.25) is 5.91 Å². The van der Waals surface area contributed by atoms with Crippen molar-refractivity contribution in [2.75, 3.05) is 4.90 Å². The van der Waals surface area contributed by atoms with Crippen molar-refractivity contribution in [2.24, 2.45) is 0 Å². The molecule has 3 aromatic rings. The third kappa shape index (κ3) is 2.45. The first-order chi connectivity index (χ1) is 12.4. The molecule has 6 heteroatoms. The summed E-state index contributed by atoms with van der Waals surface area (Å²) in [7, 11) is 0. The van der Waals surface area contributed by atoms with Gasteiger partial charge >= 0.3 is 0 Å². The average Bonchev–Trinajstić information content (AvgIpc) is 2.83. The number of fused-ring (bicyclic) bond motifs is 1. The van der Waals surface area contributed by atoms with Crippen LogP contribution in [0.1, 0.15) is 30.9 Å². The summed E-state index contributed by atoms with van der Waals surface area (Å²) in [5.41, 5.74) is 3.86. The number of hydrogen-bond donors (Lipinski definition) is 0. The molecular weight excluding hydrogens is 326 g/mol. The Morgan fingerprint density at radius 2 is 1.65 bits per heavy atom. The Balaban J connectivity index is 1.87. The number of anilines is 2. The minimum Gasteiger partial charge on any atom is -0.273 e. The predicted molar refractivity (Wildman–Crippen MR) is 99.1 cm³/mol. The molecular formula is C20H19N5O. The Kier molecular flexibility index (Phi) is 3.57. The monoisotopic (exact) mass is 345 g/mol. The number of aryl methyl sites for hydroxylation is 2. The quantitative estimate of drug-likeness (QED) is 0.711. The van der Waals surface area contributed by atoms with Gasteiger partial charge in [0.05, 0.1) is 16.8 Å². The van der Waals surface area contributed by atoms with Crippen LogP contribution in [-0.2, 0) is 10.2 Å².